The van der Waals surface area contributed by atoms with E-state index in [2.05, 4.69) is 0 Å². The van der Waals surface area contributed by atoms with E-state index in [1.807, 2.05) is 0 Å². The fraction of sp³-hybridized carbons (Fsp3) is 0.889. The van der Waals surface area contributed by atoms with E-state index >= 15 is 0 Å². The maximum Gasteiger partial charge on any atom is 0.461 e. The Morgan fingerprint density at radius 1 is 0.933 bits per heavy atom. The van der Waals surface area contributed by atoms with Crippen LogP contribution in [0.1, 0.15) is 32.1 Å². The molecule has 1 rings (SSSR count). The minimum absolute atomic E-state index is 0.143. The van der Waals surface area contributed by atoms with E-state index in [0.29, 0.717) is 12.8 Å². The Kier molecular flexibility index (Phi) is 3.35. The lowest BCUT2D eigenvalue weighted by atomic mass is 9.84. The van der Waals surface area contributed by atoms with Crippen LogP contribution in [0.2, 0.25) is 0 Å². The highest BCUT2D eigenvalue weighted by Crippen LogP contribution is 2.40. The van der Waals surface area contributed by atoms with Gasteiger partial charge in [-0.05, 0) is 12.8 Å². The van der Waals surface area contributed by atoms with Crippen LogP contribution in [0.4, 0.5) is 22.0 Å². The highest BCUT2D eigenvalue weighted by Gasteiger charge is 2.64. The van der Waals surface area contributed by atoms with E-state index in [-0.39, 0.29) is 12.8 Å². The van der Waals surface area contributed by atoms with Gasteiger partial charge in [0, 0.05) is 5.92 Å². The first-order valence-electron chi connectivity index (χ1n) is 4.75. The van der Waals surface area contributed by atoms with Gasteiger partial charge in [-0.2, -0.15) is 22.0 Å². The van der Waals surface area contributed by atoms with Gasteiger partial charge in [0.2, 0.25) is 5.78 Å². The summed E-state index contributed by atoms with van der Waals surface area (Å²) in [6.45, 7) is 0. The number of ketones is 1. The molecule has 1 aliphatic carbocycles. The predicted octanol–water partition coefficient (Wildman–Crippen LogP) is 3.33. The van der Waals surface area contributed by atoms with Gasteiger partial charge >= 0.3 is 12.1 Å². The van der Waals surface area contributed by atoms with E-state index in [1.54, 1.807) is 0 Å². The first-order chi connectivity index (χ1) is 6.77. The summed E-state index contributed by atoms with van der Waals surface area (Å²) in [6.07, 6.45) is -3.59. The van der Waals surface area contributed by atoms with Gasteiger partial charge in [-0.25, -0.2) is 0 Å². The summed E-state index contributed by atoms with van der Waals surface area (Å²) >= 11 is 0. The second kappa shape index (κ2) is 4.06. The molecule has 0 heterocycles. The predicted molar refractivity (Wildman–Crippen MR) is 42.6 cm³/mol. The van der Waals surface area contributed by atoms with Gasteiger partial charge in [-0.15, -0.1) is 0 Å². The summed E-state index contributed by atoms with van der Waals surface area (Å²) in [5, 5.41) is 0. The van der Waals surface area contributed by atoms with Crippen LogP contribution in [0, 0.1) is 5.92 Å². The van der Waals surface area contributed by atoms with Gasteiger partial charge in [0.1, 0.15) is 0 Å². The number of alkyl halides is 5. The Balaban J connectivity index is 2.74. The average Bonchev–Trinajstić information content (AvgIpc) is 2.16. The average molecular weight is 230 g/mol. The summed E-state index contributed by atoms with van der Waals surface area (Å²) in [7, 11) is 0. The number of carbonyl (C=O) groups is 1. The van der Waals surface area contributed by atoms with Gasteiger partial charge < -0.3 is 0 Å². The molecule has 0 unspecified atom stereocenters. The van der Waals surface area contributed by atoms with Gasteiger partial charge in [-0.1, -0.05) is 19.3 Å². The molecular weight excluding hydrogens is 219 g/mol. The monoisotopic (exact) mass is 230 g/mol. The summed E-state index contributed by atoms with van der Waals surface area (Å²) in [6, 6.07) is 0. The Labute approximate surface area is 83.6 Å². The van der Waals surface area contributed by atoms with Crippen molar-refractivity contribution in [3.63, 3.8) is 0 Å². The van der Waals surface area contributed by atoms with Crippen molar-refractivity contribution in [1.29, 1.82) is 0 Å². The van der Waals surface area contributed by atoms with Crippen molar-refractivity contribution in [3.05, 3.63) is 0 Å². The molecule has 0 atom stereocenters. The lowest BCUT2D eigenvalue weighted by molar-refractivity contribution is -0.270. The highest BCUT2D eigenvalue weighted by molar-refractivity contribution is 5.88. The molecule has 0 amide bonds. The van der Waals surface area contributed by atoms with E-state index in [9.17, 15) is 26.7 Å². The molecule has 15 heavy (non-hydrogen) atoms. The van der Waals surface area contributed by atoms with Crippen LogP contribution in [0.15, 0.2) is 0 Å². The molecule has 0 bridgehead atoms. The van der Waals surface area contributed by atoms with Crippen LogP contribution in [-0.2, 0) is 4.79 Å². The summed E-state index contributed by atoms with van der Waals surface area (Å²) < 4.78 is 60.9. The fourth-order valence-electron chi connectivity index (χ4n) is 1.76. The first kappa shape index (κ1) is 12.4. The topological polar surface area (TPSA) is 17.1 Å². The number of Topliss-reactive ketones (excluding diaryl/α,β-unsaturated/α-hetero) is 1. The molecule has 0 saturated heterocycles. The molecule has 0 N–H and O–H groups in total. The number of carbonyl (C=O) groups excluding carboxylic acids is 1. The minimum Gasteiger partial charge on any atom is -0.292 e. The van der Waals surface area contributed by atoms with Gasteiger partial charge in [0.25, 0.3) is 0 Å². The molecule has 0 aromatic rings. The molecule has 0 aromatic heterocycles. The Morgan fingerprint density at radius 2 is 1.40 bits per heavy atom. The molecule has 0 radical (unpaired) electrons. The van der Waals surface area contributed by atoms with Gasteiger partial charge in [0.05, 0.1) is 0 Å². The third-order valence-corrected chi connectivity index (χ3v) is 2.64. The van der Waals surface area contributed by atoms with Crippen LogP contribution < -0.4 is 0 Å². The van der Waals surface area contributed by atoms with Crippen LogP contribution in [0.3, 0.4) is 0 Å². The van der Waals surface area contributed by atoms with Crippen LogP contribution in [0.25, 0.3) is 0 Å². The third-order valence-electron chi connectivity index (χ3n) is 2.64. The van der Waals surface area contributed by atoms with Crippen LogP contribution >= 0.6 is 0 Å². The van der Waals surface area contributed by atoms with Gasteiger partial charge in [0.15, 0.2) is 0 Å². The van der Waals surface area contributed by atoms with E-state index in [0.717, 1.165) is 6.42 Å². The maximum absolute atomic E-state index is 12.6. The number of halogens is 5. The first-order valence-corrected chi connectivity index (χ1v) is 4.75. The zero-order valence-electron chi connectivity index (χ0n) is 7.91. The number of rotatable bonds is 2. The van der Waals surface area contributed by atoms with Gasteiger partial charge in [-0.3, -0.25) is 4.79 Å². The van der Waals surface area contributed by atoms with Crippen molar-refractivity contribution in [2.24, 2.45) is 5.92 Å². The summed E-state index contributed by atoms with van der Waals surface area (Å²) in [5.74, 6) is -8.28. The Bertz CT molecular complexity index is 239. The van der Waals surface area contributed by atoms with Crippen molar-refractivity contribution >= 4 is 5.78 Å². The largest absolute Gasteiger partial charge is 0.461 e. The molecule has 1 fully saturated rings. The second-order valence-electron chi connectivity index (χ2n) is 3.77. The number of hydrogen-bond donors (Lipinski definition) is 0. The lowest BCUT2D eigenvalue weighted by Gasteiger charge is -2.26. The molecule has 88 valence electrons. The molecule has 6 heteroatoms. The minimum atomic E-state index is -5.76. The molecule has 0 spiro atoms. The van der Waals surface area contributed by atoms with E-state index < -0.39 is 23.8 Å². The Hall–Kier alpha value is -0.680. The normalized spacial score (nSPS) is 20.3. The van der Waals surface area contributed by atoms with Crippen molar-refractivity contribution in [3.8, 4) is 0 Å². The molecule has 1 aliphatic rings. The van der Waals surface area contributed by atoms with Crippen LogP contribution in [-0.4, -0.2) is 17.9 Å². The van der Waals surface area contributed by atoms with E-state index in [4.69, 9.17) is 0 Å². The van der Waals surface area contributed by atoms with Crippen molar-refractivity contribution in [2.45, 2.75) is 44.2 Å². The van der Waals surface area contributed by atoms with Crippen molar-refractivity contribution < 1.29 is 26.7 Å². The zero-order valence-corrected chi connectivity index (χ0v) is 7.91. The quantitative estimate of drug-likeness (QED) is 0.665. The Morgan fingerprint density at radius 3 is 1.80 bits per heavy atom. The molecular formula is C9H11F5O. The van der Waals surface area contributed by atoms with Crippen molar-refractivity contribution in [2.75, 3.05) is 0 Å². The maximum atomic E-state index is 12.6. The number of hydrogen-bond acceptors (Lipinski definition) is 1. The smallest absolute Gasteiger partial charge is 0.292 e. The third kappa shape index (κ3) is 2.46. The standard InChI is InChI=1S/C9H11F5O/c10-8(11,9(12,13)14)7(15)6-4-2-1-3-5-6/h6H,1-5H2. The second-order valence-corrected chi connectivity index (χ2v) is 3.77. The fourth-order valence-corrected chi connectivity index (χ4v) is 1.76. The van der Waals surface area contributed by atoms with Crippen molar-refractivity contribution in [1.82, 2.24) is 0 Å². The molecule has 0 aliphatic heterocycles. The summed E-state index contributed by atoms with van der Waals surface area (Å²) in [5.41, 5.74) is 0. The molecule has 0 aromatic carbocycles. The molecule has 1 saturated carbocycles. The zero-order chi connectivity index (χ0) is 11.7. The SMILES string of the molecule is O=C(C1CCCCC1)C(F)(F)C(F)(F)F. The van der Waals surface area contributed by atoms with E-state index in [1.165, 1.54) is 0 Å². The highest BCUT2D eigenvalue weighted by atomic mass is 19.4. The summed E-state index contributed by atoms with van der Waals surface area (Å²) in [4.78, 5) is 11.0. The van der Waals surface area contributed by atoms with Crippen LogP contribution in [0.5, 0.6) is 0 Å². The molecule has 1 nitrogen and oxygen atoms in total. The lowest BCUT2D eigenvalue weighted by Crippen LogP contribution is -2.47.